The lowest BCUT2D eigenvalue weighted by molar-refractivity contribution is -0.111. The van der Waals surface area contributed by atoms with Crippen molar-refractivity contribution in [2.24, 2.45) is 0 Å². The number of hydrogen-bond acceptors (Lipinski definition) is 3. The van der Waals surface area contributed by atoms with Crippen molar-refractivity contribution >= 4 is 33.3 Å². The quantitative estimate of drug-likeness (QED) is 0.651. The normalized spacial score (nSPS) is 10.5. The highest BCUT2D eigenvalue weighted by Crippen LogP contribution is 2.15. The van der Waals surface area contributed by atoms with Gasteiger partial charge in [-0.05, 0) is 54.6 Å². The first-order chi connectivity index (χ1) is 10.6. The second-order valence-electron chi connectivity index (χ2n) is 4.42. The van der Waals surface area contributed by atoms with Crippen LogP contribution in [-0.4, -0.2) is 18.8 Å². The molecule has 5 heteroatoms. The summed E-state index contributed by atoms with van der Waals surface area (Å²) in [5, 5.41) is 2.67. The van der Waals surface area contributed by atoms with Crippen molar-refractivity contribution in [2.75, 3.05) is 12.4 Å². The fourth-order valence-corrected chi connectivity index (χ4v) is 1.98. The van der Waals surface area contributed by atoms with E-state index in [0.717, 1.165) is 4.47 Å². The van der Waals surface area contributed by atoms with Crippen LogP contribution < -0.4 is 10.1 Å². The van der Waals surface area contributed by atoms with Crippen molar-refractivity contribution in [3.63, 3.8) is 0 Å². The van der Waals surface area contributed by atoms with E-state index in [2.05, 4.69) is 21.2 Å². The van der Waals surface area contributed by atoms with Crippen LogP contribution in [0.3, 0.4) is 0 Å². The van der Waals surface area contributed by atoms with E-state index in [1.165, 1.54) is 12.2 Å². The summed E-state index contributed by atoms with van der Waals surface area (Å²) < 4.78 is 5.93. The van der Waals surface area contributed by atoms with Crippen LogP contribution in [0, 0.1) is 0 Å². The van der Waals surface area contributed by atoms with Crippen molar-refractivity contribution < 1.29 is 14.3 Å². The van der Waals surface area contributed by atoms with Gasteiger partial charge < -0.3 is 10.1 Å². The molecule has 2 aromatic rings. The Kier molecular flexibility index (Phi) is 5.49. The third-order valence-corrected chi connectivity index (χ3v) is 3.40. The summed E-state index contributed by atoms with van der Waals surface area (Å²) in [4.78, 5) is 23.7. The van der Waals surface area contributed by atoms with Crippen LogP contribution in [0.4, 0.5) is 5.69 Å². The van der Waals surface area contributed by atoms with Crippen LogP contribution in [0.15, 0.2) is 65.2 Å². The van der Waals surface area contributed by atoms with Gasteiger partial charge in [0.1, 0.15) is 5.75 Å². The predicted molar refractivity (Wildman–Crippen MR) is 89.2 cm³/mol. The van der Waals surface area contributed by atoms with Gasteiger partial charge in [0.25, 0.3) is 0 Å². The molecule has 0 aromatic heterocycles. The zero-order valence-electron chi connectivity index (χ0n) is 11.9. The van der Waals surface area contributed by atoms with E-state index in [-0.39, 0.29) is 11.7 Å². The topological polar surface area (TPSA) is 55.4 Å². The Morgan fingerprint density at radius 2 is 1.64 bits per heavy atom. The molecule has 0 unspecified atom stereocenters. The van der Waals surface area contributed by atoms with Gasteiger partial charge in [-0.1, -0.05) is 15.9 Å². The van der Waals surface area contributed by atoms with Gasteiger partial charge in [-0.15, -0.1) is 0 Å². The number of amides is 1. The molecule has 0 atom stereocenters. The van der Waals surface area contributed by atoms with Crippen molar-refractivity contribution in [1.82, 2.24) is 0 Å². The number of halogens is 1. The maximum absolute atomic E-state index is 11.9. The fourth-order valence-electron chi connectivity index (χ4n) is 1.72. The number of hydrogen-bond donors (Lipinski definition) is 1. The summed E-state index contributed by atoms with van der Waals surface area (Å²) in [5.41, 5.74) is 1.16. The lowest BCUT2D eigenvalue weighted by atomic mass is 10.1. The standard InChI is InChI=1S/C17H14BrNO3/c1-22-15-8-6-14(7-9-15)19-17(21)11-10-16(20)12-2-4-13(18)5-3-12/h2-11H,1H3,(H,19,21)/b11-10+. The molecule has 0 aliphatic carbocycles. The summed E-state index contributed by atoms with van der Waals surface area (Å²) in [6.07, 6.45) is 2.47. The second kappa shape index (κ2) is 7.56. The molecule has 0 saturated carbocycles. The molecule has 0 saturated heterocycles. The average Bonchev–Trinajstić information content (AvgIpc) is 2.54. The summed E-state index contributed by atoms with van der Waals surface area (Å²) in [7, 11) is 1.57. The number of rotatable bonds is 5. The minimum atomic E-state index is -0.365. The Labute approximate surface area is 136 Å². The molecule has 1 N–H and O–H groups in total. The SMILES string of the molecule is COc1ccc(NC(=O)/C=C/C(=O)c2ccc(Br)cc2)cc1. The molecule has 0 heterocycles. The first-order valence-electron chi connectivity index (χ1n) is 6.51. The Bertz CT molecular complexity index is 691. The zero-order chi connectivity index (χ0) is 15.9. The highest BCUT2D eigenvalue weighted by Gasteiger charge is 2.03. The summed E-state index contributed by atoms with van der Waals surface area (Å²) in [6, 6.07) is 13.9. The number of nitrogens with one attached hydrogen (secondary N) is 1. The molecule has 112 valence electrons. The number of ether oxygens (including phenoxy) is 1. The predicted octanol–water partition coefficient (Wildman–Crippen LogP) is 3.84. The van der Waals surface area contributed by atoms with Crippen molar-refractivity contribution in [3.05, 3.63) is 70.7 Å². The molecule has 0 bridgehead atoms. The van der Waals surface area contributed by atoms with Gasteiger partial charge >= 0.3 is 0 Å². The number of carbonyl (C=O) groups excluding carboxylic acids is 2. The van der Waals surface area contributed by atoms with Gasteiger partial charge in [-0.25, -0.2) is 0 Å². The van der Waals surface area contributed by atoms with Crippen molar-refractivity contribution in [2.45, 2.75) is 0 Å². The fraction of sp³-hybridized carbons (Fsp3) is 0.0588. The molecule has 0 spiro atoms. The van der Waals surface area contributed by atoms with E-state index in [1.807, 2.05) is 0 Å². The van der Waals surface area contributed by atoms with E-state index in [0.29, 0.717) is 17.0 Å². The minimum Gasteiger partial charge on any atom is -0.497 e. The van der Waals surface area contributed by atoms with Crippen LogP contribution in [0.25, 0.3) is 0 Å². The van der Waals surface area contributed by atoms with Crippen LogP contribution >= 0.6 is 15.9 Å². The van der Waals surface area contributed by atoms with Crippen LogP contribution in [0.1, 0.15) is 10.4 Å². The summed E-state index contributed by atoms with van der Waals surface area (Å²) in [6.45, 7) is 0. The smallest absolute Gasteiger partial charge is 0.248 e. The van der Waals surface area contributed by atoms with E-state index in [4.69, 9.17) is 4.74 Å². The molecule has 0 aliphatic rings. The number of ketones is 1. The average molecular weight is 360 g/mol. The van der Waals surface area contributed by atoms with Crippen molar-refractivity contribution in [3.8, 4) is 5.75 Å². The Hall–Kier alpha value is -2.40. The van der Waals surface area contributed by atoms with E-state index >= 15 is 0 Å². The van der Waals surface area contributed by atoms with Gasteiger partial charge in [0, 0.05) is 21.8 Å². The number of methoxy groups -OCH3 is 1. The van der Waals surface area contributed by atoms with E-state index in [9.17, 15) is 9.59 Å². The first kappa shape index (κ1) is 16.0. The van der Waals surface area contributed by atoms with Gasteiger partial charge in [-0.3, -0.25) is 9.59 Å². The van der Waals surface area contributed by atoms with Gasteiger partial charge in [0.15, 0.2) is 5.78 Å². The molecule has 2 rings (SSSR count). The molecule has 1 amide bonds. The Morgan fingerprint density at radius 1 is 1.00 bits per heavy atom. The van der Waals surface area contributed by atoms with Crippen molar-refractivity contribution in [1.29, 1.82) is 0 Å². The number of anilines is 1. The molecular weight excluding hydrogens is 346 g/mol. The first-order valence-corrected chi connectivity index (χ1v) is 7.31. The summed E-state index contributed by atoms with van der Waals surface area (Å²) in [5.74, 6) is 0.118. The number of allylic oxidation sites excluding steroid dienone is 1. The highest BCUT2D eigenvalue weighted by atomic mass is 79.9. The van der Waals surface area contributed by atoms with Crippen LogP contribution in [-0.2, 0) is 4.79 Å². The number of benzene rings is 2. The molecular formula is C17H14BrNO3. The van der Waals surface area contributed by atoms with Gasteiger partial charge in [-0.2, -0.15) is 0 Å². The zero-order valence-corrected chi connectivity index (χ0v) is 13.5. The third-order valence-electron chi connectivity index (χ3n) is 2.87. The largest absolute Gasteiger partial charge is 0.497 e. The molecule has 22 heavy (non-hydrogen) atoms. The third kappa shape index (κ3) is 4.56. The van der Waals surface area contributed by atoms with Gasteiger partial charge in [0.05, 0.1) is 7.11 Å². The lowest BCUT2D eigenvalue weighted by Gasteiger charge is -2.03. The summed E-state index contributed by atoms with van der Waals surface area (Å²) >= 11 is 3.30. The second-order valence-corrected chi connectivity index (χ2v) is 5.34. The maximum Gasteiger partial charge on any atom is 0.248 e. The number of carbonyl (C=O) groups is 2. The van der Waals surface area contributed by atoms with E-state index < -0.39 is 0 Å². The lowest BCUT2D eigenvalue weighted by Crippen LogP contribution is -2.08. The minimum absolute atomic E-state index is 0.225. The van der Waals surface area contributed by atoms with Crippen LogP contribution in [0.2, 0.25) is 0 Å². The van der Waals surface area contributed by atoms with Gasteiger partial charge in [0.2, 0.25) is 5.91 Å². The Balaban J connectivity index is 1.95. The molecule has 0 radical (unpaired) electrons. The molecule has 0 aliphatic heterocycles. The van der Waals surface area contributed by atoms with Crippen LogP contribution in [0.5, 0.6) is 5.75 Å². The molecule has 0 fully saturated rings. The molecule has 2 aromatic carbocycles. The monoisotopic (exact) mass is 359 g/mol. The Morgan fingerprint density at radius 3 is 2.23 bits per heavy atom. The molecule has 4 nitrogen and oxygen atoms in total. The highest BCUT2D eigenvalue weighted by molar-refractivity contribution is 9.10. The van der Waals surface area contributed by atoms with E-state index in [1.54, 1.807) is 55.6 Å². The maximum atomic E-state index is 11.9.